The molecule has 3 amide bonds. The third-order valence-electron chi connectivity index (χ3n) is 4.64. The number of ether oxygens (including phenoxy) is 1. The zero-order valence-electron chi connectivity index (χ0n) is 17.0. The van der Waals surface area contributed by atoms with Crippen molar-refractivity contribution in [2.45, 2.75) is 0 Å². The summed E-state index contributed by atoms with van der Waals surface area (Å²) in [6.45, 7) is -0.264. The van der Waals surface area contributed by atoms with Gasteiger partial charge in [0.2, 0.25) is 0 Å². The lowest BCUT2D eigenvalue weighted by Gasteiger charge is -2.13. The summed E-state index contributed by atoms with van der Waals surface area (Å²) >= 11 is 2.04. The predicted octanol–water partition coefficient (Wildman–Crippen LogP) is 3.91. The number of carbonyl (C=O) groups is 3. The van der Waals surface area contributed by atoms with Crippen LogP contribution in [-0.4, -0.2) is 24.3 Å². The Morgan fingerprint density at radius 1 is 1.06 bits per heavy atom. The van der Waals surface area contributed by atoms with E-state index in [1.165, 1.54) is 29.3 Å². The van der Waals surface area contributed by atoms with Crippen LogP contribution in [0.4, 0.5) is 15.8 Å². The molecule has 0 aromatic heterocycles. The van der Waals surface area contributed by atoms with E-state index in [4.69, 9.17) is 4.74 Å². The molecule has 0 saturated carbocycles. The summed E-state index contributed by atoms with van der Waals surface area (Å²) in [7, 11) is 0. The molecule has 1 aliphatic rings. The second-order valence-electron chi connectivity index (χ2n) is 7.01. The summed E-state index contributed by atoms with van der Waals surface area (Å²) in [6, 6.07) is 19.4. The summed E-state index contributed by atoms with van der Waals surface area (Å²) in [5.41, 5.74) is 4.10. The van der Waals surface area contributed by atoms with E-state index in [1.54, 1.807) is 48.5 Å². The van der Waals surface area contributed by atoms with Gasteiger partial charge in [0.15, 0.2) is 6.61 Å². The van der Waals surface area contributed by atoms with E-state index in [-0.39, 0.29) is 12.2 Å². The molecule has 0 unspecified atom stereocenters. The Hall–Kier alpha value is -3.73. The summed E-state index contributed by atoms with van der Waals surface area (Å²) in [6.07, 6.45) is 1.50. The van der Waals surface area contributed by atoms with Crippen LogP contribution in [0, 0.1) is 9.39 Å². The molecule has 7 nitrogen and oxygen atoms in total. The topological polar surface area (TPSA) is 87.7 Å². The van der Waals surface area contributed by atoms with Crippen LogP contribution in [0.5, 0.6) is 5.75 Å². The van der Waals surface area contributed by atoms with Crippen LogP contribution in [0.1, 0.15) is 5.56 Å². The van der Waals surface area contributed by atoms with E-state index >= 15 is 0 Å². The third-order valence-corrected chi connectivity index (χ3v) is 5.48. The van der Waals surface area contributed by atoms with Crippen LogP contribution >= 0.6 is 22.6 Å². The highest BCUT2D eigenvalue weighted by Crippen LogP contribution is 2.25. The molecule has 1 heterocycles. The van der Waals surface area contributed by atoms with Crippen LogP contribution < -0.4 is 20.5 Å². The molecule has 0 atom stereocenters. The van der Waals surface area contributed by atoms with Gasteiger partial charge >= 0.3 is 0 Å². The number of benzene rings is 3. The summed E-state index contributed by atoms with van der Waals surface area (Å²) in [5.74, 6) is -1.37. The maximum Gasteiger partial charge on any atom is 0.282 e. The average Bonchev–Trinajstić information content (AvgIpc) is 3.07. The number of hydrazine groups is 1. The lowest BCUT2D eigenvalue weighted by Crippen LogP contribution is -2.35. The van der Waals surface area contributed by atoms with E-state index in [0.29, 0.717) is 26.3 Å². The van der Waals surface area contributed by atoms with Crippen molar-refractivity contribution >= 4 is 57.8 Å². The van der Waals surface area contributed by atoms with Crippen molar-refractivity contribution in [2.24, 2.45) is 0 Å². The first-order valence-corrected chi connectivity index (χ1v) is 10.9. The monoisotopic (exact) mass is 557 g/mol. The number of carbonyl (C=O) groups excluding carboxylic acids is 3. The van der Waals surface area contributed by atoms with Crippen LogP contribution in [-0.2, 0) is 14.4 Å². The fraction of sp³-hybridized carbons (Fsp3) is 0.0417. The molecule has 0 aliphatic carbocycles. The number of amides is 3. The number of nitrogens with zero attached hydrogens (tertiary/aromatic N) is 1. The fourth-order valence-corrected chi connectivity index (χ4v) is 3.81. The fourth-order valence-electron chi connectivity index (χ4n) is 3.11. The van der Waals surface area contributed by atoms with Crippen LogP contribution in [0.15, 0.2) is 78.4 Å². The molecule has 9 heteroatoms. The van der Waals surface area contributed by atoms with Gasteiger partial charge < -0.3 is 10.1 Å². The summed E-state index contributed by atoms with van der Waals surface area (Å²) < 4.78 is 19.5. The number of nitrogens with one attached hydrogen (secondary N) is 2. The van der Waals surface area contributed by atoms with Crippen molar-refractivity contribution in [3.63, 3.8) is 0 Å². The Morgan fingerprint density at radius 3 is 2.58 bits per heavy atom. The normalized spacial score (nSPS) is 14.4. The maximum atomic E-state index is 13.2. The number of halogens is 2. The third kappa shape index (κ3) is 5.37. The van der Waals surface area contributed by atoms with Gasteiger partial charge in [-0.15, -0.1) is 0 Å². The van der Waals surface area contributed by atoms with Crippen LogP contribution in [0.3, 0.4) is 0 Å². The van der Waals surface area contributed by atoms with Crippen LogP contribution in [0.25, 0.3) is 6.08 Å². The molecule has 166 valence electrons. The minimum absolute atomic E-state index is 0.0118. The minimum atomic E-state index is -0.492. The Kier molecular flexibility index (Phi) is 6.68. The number of anilines is 2. The number of hydrogen-bond donors (Lipinski definition) is 2. The number of para-hydroxylation sites is 1. The number of hydrogen-bond acceptors (Lipinski definition) is 4. The zero-order chi connectivity index (χ0) is 23.4. The van der Waals surface area contributed by atoms with Gasteiger partial charge in [0.25, 0.3) is 17.7 Å². The lowest BCUT2D eigenvalue weighted by molar-refractivity contribution is -0.118. The van der Waals surface area contributed by atoms with E-state index in [2.05, 4.69) is 10.7 Å². The second-order valence-corrected chi connectivity index (χ2v) is 8.17. The van der Waals surface area contributed by atoms with Gasteiger partial charge in [-0.05, 0) is 76.7 Å². The molecular formula is C24H17FIN3O4. The van der Waals surface area contributed by atoms with Crippen molar-refractivity contribution in [1.82, 2.24) is 5.43 Å². The smallest absolute Gasteiger partial charge is 0.282 e. The Labute approximate surface area is 202 Å². The van der Waals surface area contributed by atoms with E-state index in [9.17, 15) is 18.8 Å². The predicted molar refractivity (Wildman–Crippen MR) is 130 cm³/mol. The molecule has 2 N–H and O–H groups in total. The lowest BCUT2D eigenvalue weighted by atomic mass is 10.1. The molecule has 4 rings (SSSR count). The molecule has 3 aromatic carbocycles. The first kappa shape index (κ1) is 22.5. The van der Waals surface area contributed by atoms with E-state index in [0.717, 1.165) is 0 Å². The summed E-state index contributed by atoms with van der Waals surface area (Å²) in [5, 5.41) is 3.76. The van der Waals surface area contributed by atoms with Crippen molar-refractivity contribution in [3.8, 4) is 5.75 Å². The molecule has 1 fully saturated rings. The quantitative estimate of drug-likeness (QED) is 0.274. The van der Waals surface area contributed by atoms with Crippen LogP contribution in [0.2, 0.25) is 0 Å². The first-order valence-electron chi connectivity index (χ1n) is 9.80. The minimum Gasteiger partial charge on any atom is -0.483 e. The van der Waals surface area contributed by atoms with Crippen molar-refractivity contribution < 1.29 is 23.5 Å². The SMILES string of the molecule is O=C(COc1ccc(/C=C2/C(=O)NN(c3ccccc3)C2=O)cc1I)Nc1cccc(F)c1. The van der Waals surface area contributed by atoms with Gasteiger partial charge in [-0.2, -0.15) is 0 Å². The molecule has 0 bridgehead atoms. The van der Waals surface area contributed by atoms with Gasteiger partial charge in [-0.25, -0.2) is 9.40 Å². The Morgan fingerprint density at radius 2 is 1.85 bits per heavy atom. The maximum absolute atomic E-state index is 13.2. The van der Waals surface area contributed by atoms with Gasteiger partial charge in [-0.1, -0.05) is 30.3 Å². The highest BCUT2D eigenvalue weighted by atomic mass is 127. The highest BCUT2D eigenvalue weighted by Gasteiger charge is 2.34. The second kappa shape index (κ2) is 9.82. The van der Waals surface area contributed by atoms with Gasteiger partial charge in [0.05, 0.1) is 9.26 Å². The van der Waals surface area contributed by atoms with Gasteiger partial charge in [0.1, 0.15) is 17.1 Å². The summed E-state index contributed by atoms with van der Waals surface area (Å²) in [4.78, 5) is 37.1. The van der Waals surface area contributed by atoms with Crippen molar-refractivity contribution in [3.05, 3.63) is 93.3 Å². The standard InChI is InChI=1S/C24H17FIN3O4/c25-16-5-4-6-17(13-16)27-22(30)14-33-21-10-9-15(12-20(21)26)11-19-23(31)28-29(24(19)32)18-7-2-1-3-8-18/h1-13H,14H2,(H,27,30)(H,28,31)/b19-11-. The average molecular weight is 557 g/mol. The number of rotatable bonds is 6. The molecule has 1 aliphatic heterocycles. The van der Waals surface area contributed by atoms with E-state index < -0.39 is 23.5 Å². The zero-order valence-corrected chi connectivity index (χ0v) is 19.2. The molecule has 0 radical (unpaired) electrons. The molecule has 3 aromatic rings. The van der Waals surface area contributed by atoms with E-state index in [1.807, 2.05) is 28.7 Å². The Bertz CT molecular complexity index is 1260. The first-order chi connectivity index (χ1) is 15.9. The molecule has 0 spiro atoms. The molecule has 1 saturated heterocycles. The molecular weight excluding hydrogens is 540 g/mol. The van der Waals surface area contributed by atoms with Crippen molar-refractivity contribution in [1.29, 1.82) is 0 Å². The molecule has 33 heavy (non-hydrogen) atoms. The van der Waals surface area contributed by atoms with Gasteiger partial charge in [0, 0.05) is 5.69 Å². The Balaban J connectivity index is 1.42. The van der Waals surface area contributed by atoms with Crippen molar-refractivity contribution in [2.75, 3.05) is 16.9 Å². The van der Waals surface area contributed by atoms with Gasteiger partial charge in [-0.3, -0.25) is 19.8 Å². The highest BCUT2D eigenvalue weighted by molar-refractivity contribution is 14.1. The largest absolute Gasteiger partial charge is 0.483 e.